The molecule has 0 aliphatic rings. The van der Waals surface area contributed by atoms with E-state index in [1.165, 1.54) is 6.07 Å². The number of aryl methyl sites for hydroxylation is 1. The maximum atomic E-state index is 13.6. The summed E-state index contributed by atoms with van der Waals surface area (Å²) in [5, 5.41) is 2.56. The van der Waals surface area contributed by atoms with E-state index in [2.05, 4.69) is 37.2 Å². The fourth-order valence-corrected chi connectivity index (χ4v) is 2.36. The highest BCUT2D eigenvalue weighted by Gasteiger charge is 2.12. The highest BCUT2D eigenvalue weighted by Crippen LogP contribution is 2.26. The molecule has 0 heterocycles. The first-order chi connectivity index (χ1) is 8.99. The fourth-order valence-electron chi connectivity index (χ4n) is 1.54. The lowest BCUT2D eigenvalue weighted by Crippen LogP contribution is -2.13. The standard InChI is InChI=1S/C14H10Br2FNO/c1-8-5-6-9(7-11(8)16)14(19)18-13-10(15)3-2-4-12(13)17/h2-7H,1H3,(H,18,19). The molecule has 0 saturated carbocycles. The Kier molecular flexibility index (Phi) is 4.37. The number of para-hydroxylation sites is 1. The summed E-state index contributed by atoms with van der Waals surface area (Å²) in [6, 6.07) is 9.77. The summed E-state index contributed by atoms with van der Waals surface area (Å²) in [7, 11) is 0. The molecule has 0 unspecified atom stereocenters. The number of anilines is 1. The van der Waals surface area contributed by atoms with Crippen molar-refractivity contribution in [3.8, 4) is 0 Å². The lowest BCUT2D eigenvalue weighted by molar-refractivity contribution is 0.102. The zero-order valence-electron chi connectivity index (χ0n) is 10.0. The molecule has 1 N–H and O–H groups in total. The van der Waals surface area contributed by atoms with Gasteiger partial charge < -0.3 is 5.32 Å². The topological polar surface area (TPSA) is 29.1 Å². The molecule has 2 aromatic carbocycles. The third-order valence-electron chi connectivity index (χ3n) is 2.64. The maximum Gasteiger partial charge on any atom is 0.255 e. The average Bonchev–Trinajstić information content (AvgIpc) is 2.37. The maximum absolute atomic E-state index is 13.6. The Morgan fingerprint density at radius 2 is 1.89 bits per heavy atom. The molecule has 0 aliphatic carbocycles. The van der Waals surface area contributed by atoms with Gasteiger partial charge in [0.15, 0.2) is 0 Å². The van der Waals surface area contributed by atoms with Crippen LogP contribution in [-0.4, -0.2) is 5.91 Å². The Hall–Kier alpha value is -1.20. The first-order valence-electron chi connectivity index (χ1n) is 5.50. The van der Waals surface area contributed by atoms with Crippen LogP contribution in [0.2, 0.25) is 0 Å². The van der Waals surface area contributed by atoms with E-state index in [0.717, 1.165) is 10.0 Å². The van der Waals surface area contributed by atoms with Gasteiger partial charge in [0.05, 0.1) is 5.69 Å². The second kappa shape index (κ2) is 5.84. The molecule has 0 saturated heterocycles. The van der Waals surface area contributed by atoms with Crippen LogP contribution in [-0.2, 0) is 0 Å². The Bertz CT molecular complexity index is 623. The van der Waals surface area contributed by atoms with Gasteiger partial charge in [-0.2, -0.15) is 0 Å². The molecular formula is C14H10Br2FNO. The number of halogens is 3. The van der Waals surface area contributed by atoms with E-state index < -0.39 is 5.82 Å². The molecule has 2 aromatic rings. The molecule has 0 radical (unpaired) electrons. The minimum absolute atomic E-state index is 0.143. The highest BCUT2D eigenvalue weighted by molar-refractivity contribution is 9.10. The molecule has 2 nitrogen and oxygen atoms in total. The monoisotopic (exact) mass is 385 g/mol. The molecule has 0 spiro atoms. The number of benzene rings is 2. The van der Waals surface area contributed by atoms with Crippen molar-refractivity contribution in [2.24, 2.45) is 0 Å². The van der Waals surface area contributed by atoms with E-state index in [1.54, 1.807) is 24.3 Å². The van der Waals surface area contributed by atoms with Crippen molar-refractivity contribution in [3.05, 3.63) is 62.3 Å². The SMILES string of the molecule is Cc1ccc(C(=O)Nc2c(F)cccc2Br)cc1Br. The molecule has 2 rings (SSSR count). The summed E-state index contributed by atoms with van der Waals surface area (Å²) < 4.78 is 15.0. The summed E-state index contributed by atoms with van der Waals surface area (Å²) >= 11 is 6.58. The Morgan fingerprint density at radius 3 is 2.53 bits per heavy atom. The van der Waals surface area contributed by atoms with Gasteiger partial charge in [-0.3, -0.25) is 4.79 Å². The minimum atomic E-state index is -0.478. The van der Waals surface area contributed by atoms with Crippen LogP contribution in [0.4, 0.5) is 10.1 Å². The molecule has 0 fully saturated rings. The zero-order valence-corrected chi connectivity index (χ0v) is 13.2. The smallest absolute Gasteiger partial charge is 0.255 e. The zero-order chi connectivity index (χ0) is 14.0. The van der Waals surface area contributed by atoms with Crippen molar-refractivity contribution in [2.75, 3.05) is 5.32 Å². The Morgan fingerprint density at radius 1 is 1.16 bits per heavy atom. The number of nitrogens with one attached hydrogen (secondary N) is 1. The number of hydrogen-bond acceptors (Lipinski definition) is 1. The van der Waals surface area contributed by atoms with Gasteiger partial charge in [-0.1, -0.05) is 28.1 Å². The van der Waals surface area contributed by atoms with E-state index in [9.17, 15) is 9.18 Å². The number of rotatable bonds is 2. The van der Waals surface area contributed by atoms with Crippen LogP contribution in [0.1, 0.15) is 15.9 Å². The van der Waals surface area contributed by atoms with Gasteiger partial charge in [-0.05, 0) is 52.7 Å². The quantitative estimate of drug-likeness (QED) is 0.780. The van der Waals surface area contributed by atoms with Crippen molar-refractivity contribution in [1.82, 2.24) is 0 Å². The summed E-state index contributed by atoms with van der Waals surface area (Å²) in [6.45, 7) is 1.93. The van der Waals surface area contributed by atoms with Gasteiger partial charge in [-0.15, -0.1) is 0 Å². The molecule has 0 aromatic heterocycles. The van der Waals surface area contributed by atoms with E-state index in [4.69, 9.17) is 0 Å². The van der Waals surface area contributed by atoms with Crippen LogP contribution >= 0.6 is 31.9 Å². The average molecular weight is 387 g/mol. The minimum Gasteiger partial charge on any atom is -0.319 e. The van der Waals surface area contributed by atoms with E-state index in [-0.39, 0.29) is 11.6 Å². The van der Waals surface area contributed by atoms with Crippen LogP contribution in [0.3, 0.4) is 0 Å². The van der Waals surface area contributed by atoms with Gasteiger partial charge in [-0.25, -0.2) is 4.39 Å². The number of hydrogen-bond donors (Lipinski definition) is 1. The molecule has 0 aliphatic heterocycles. The van der Waals surface area contributed by atoms with Crippen molar-refractivity contribution in [3.63, 3.8) is 0 Å². The molecule has 5 heteroatoms. The Balaban J connectivity index is 2.28. The summed E-state index contributed by atoms with van der Waals surface area (Å²) in [6.07, 6.45) is 0. The largest absolute Gasteiger partial charge is 0.319 e. The summed E-state index contributed by atoms with van der Waals surface area (Å²) in [4.78, 5) is 12.1. The van der Waals surface area contributed by atoms with Crippen molar-refractivity contribution in [2.45, 2.75) is 6.92 Å². The van der Waals surface area contributed by atoms with Gasteiger partial charge in [0.2, 0.25) is 0 Å². The van der Waals surface area contributed by atoms with Crippen LogP contribution < -0.4 is 5.32 Å². The van der Waals surface area contributed by atoms with Gasteiger partial charge in [0.1, 0.15) is 5.82 Å². The van der Waals surface area contributed by atoms with Gasteiger partial charge >= 0.3 is 0 Å². The van der Waals surface area contributed by atoms with Crippen molar-refractivity contribution in [1.29, 1.82) is 0 Å². The van der Waals surface area contributed by atoms with Crippen molar-refractivity contribution < 1.29 is 9.18 Å². The highest BCUT2D eigenvalue weighted by atomic mass is 79.9. The second-order valence-electron chi connectivity index (χ2n) is 4.01. The lowest BCUT2D eigenvalue weighted by Gasteiger charge is -2.09. The first-order valence-corrected chi connectivity index (χ1v) is 7.09. The number of carbonyl (C=O) groups excluding carboxylic acids is 1. The molecule has 19 heavy (non-hydrogen) atoms. The van der Waals surface area contributed by atoms with Gasteiger partial charge in [0, 0.05) is 14.5 Å². The Labute approximate surface area is 127 Å². The third kappa shape index (κ3) is 3.22. The van der Waals surface area contributed by atoms with Crippen LogP contribution in [0, 0.1) is 12.7 Å². The van der Waals surface area contributed by atoms with Gasteiger partial charge in [0.25, 0.3) is 5.91 Å². The second-order valence-corrected chi connectivity index (χ2v) is 5.72. The molecule has 0 bridgehead atoms. The van der Waals surface area contributed by atoms with E-state index in [0.29, 0.717) is 10.0 Å². The molecule has 0 atom stereocenters. The first kappa shape index (κ1) is 14.2. The molecule has 98 valence electrons. The van der Waals surface area contributed by atoms with Crippen LogP contribution in [0.15, 0.2) is 45.3 Å². The molecule has 1 amide bonds. The summed E-state index contributed by atoms with van der Waals surface area (Å²) in [5.41, 5.74) is 1.64. The summed E-state index contributed by atoms with van der Waals surface area (Å²) in [5.74, 6) is -0.833. The van der Waals surface area contributed by atoms with Crippen molar-refractivity contribution >= 4 is 43.5 Å². The van der Waals surface area contributed by atoms with E-state index in [1.807, 2.05) is 13.0 Å². The van der Waals surface area contributed by atoms with E-state index >= 15 is 0 Å². The predicted octanol–water partition coefficient (Wildman–Crippen LogP) is 4.91. The molecular weight excluding hydrogens is 377 g/mol. The van der Waals surface area contributed by atoms with Crippen LogP contribution in [0.5, 0.6) is 0 Å². The fraction of sp³-hybridized carbons (Fsp3) is 0.0714. The number of amides is 1. The number of carbonyl (C=O) groups is 1. The third-order valence-corrected chi connectivity index (χ3v) is 4.15. The van der Waals surface area contributed by atoms with Crippen LogP contribution in [0.25, 0.3) is 0 Å². The lowest BCUT2D eigenvalue weighted by atomic mass is 10.1. The normalized spacial score (nSPS) is 10.3. The predicted molar refractivity (Wildman–Crippen MR) is 80.9 cm³/mol.